The van der Waals surface area contributed by atoms with Gasteiger partial charge in [0.2, 0.25) is 0 Å². The number of hydrogen-bond acceptors (Lipinski definition) is 2. The number of unbranched alkanes of at least 4 members (excludes halogenated alkanes) is 13. The molecule has 0 radical (unpaired) electrons. The lowest BCUT2D eigenvalue weighted by atomic mass is 10.0. The fourth-order valence-electron chi connectivity index (χ4n) is 3.31. The molecule has 1 aromatic heterocycles. The molecular weight excluding hydrogens is 388 g/mol. The van der Waals surface area contributed by atoms with Crippen LogP contribution in [0.15, 0.2) is 29.7 Å². The summed E-state index contributed by atoms with van der Waals surface area (Å²) in [4.78, 5) is 0. The number of aryl methyl sites for hydroxylation is 1. The summed E-state index contributed by atoms with van der Waals surface area (Å²) < 4.78 is 2.18. The Labute approximate surface area is 171 Å². The largest absolute Gasteiger partial charge is 1.00 e. The Hall–Kier alpha value is -0.900. The van der Waals surface area contributed by atoms with Crippen LogP contribution in [0.25, 0.3) is 0 Å². The SMILES string of the molecule is CCCCCCCCCCCCCCCC[n+]1cccc(C=NO)c1.[Br-]. The predicted octanol–water partition coefficient (Wildman–Crippen LogP) is 3.27. The van der Waals surface area contributed by atoms with Gasteiger partial charge in [-0.15, -0.1) is 0 Å². The Bertz CT molecular complexity index is 452. The second-order valence-corrected chi connectivity index (χ2v) is 7.22. The zero-order valence-corrected chi connectivity index (χ0v) is 18.3. The Morgan fingerprint density at radius 1 is 0.846 bits per heavy atom. The molecule has 0 aliphatic rings. The van der Waals surface area contributed by atoms with Gasteiger partial charge in [0.15, 0.2) is 12.4 Å². The van der Waals surface area contributed by atoms with Gasteiger partial charge in [0.05, 0.1) is 11.8 Å². The van der Waals surface area contributed by atoms with Crippen LogP contribution >= 0.6 is 0 Å². The normalized spacial score (nSPS) is 11.0. The van der Waals surface area contributed by atoms with Crippen LogP contribution in [0.3, 0.4) is 0 Å². The molecular formula is C22H39BrN2O. The molecule has 0 saturated carbocycles. The van der Waals surface area contributed by atoms with Crippen molar-refractivity contribution in [3.8, 4) is 0 Å². The van der Waals surface area contributed by atoms with Crippen LogP contribution in [0, 0.1) is 0 Å². The first-order valence-electron chi connectivity index (χ1n) is 10.5. The van der Waals surface area contributed by atoms with Crippen molar-refractivity contribution in [2.45, 2.75) is 103 Å². The molecule has 0 aromatic carbocycles. The Morgan fingerprint density at radius 3 is 1.85 bits per heavy atom. The van der Waals surface area contributed by atoms with Crippen LogP contribution < -0.4 is 21.5 Å². The summed E-state index contributed by atoms with van der Waals surface area (Å²) in [6.45, 7) is 3.33. The molecule has 3 nitrogen and oxygen atoms in total. The van der Waals surface area contributed by atoms with Gasteiger partial charge in [0, 0.05) is 12.5 Å². The van der Waals surface area contributed by atoms with Crippen molar-refractivity contribution in [1.29, 1.82) is 0 Å². The first-order valence-corrected chi connectivity index (χ1v) is 10.5. The van der Waals surface area contributed by atoms with E-state index >= 15 is 0 Å². The Kier molecular flexibility index (Phi) is 18.2. The van der Waals surface area contributed by atoms with E-state index in [1.165, 1.54) is 96.1 Å². The minimum Gasteiger partial charge on any atom is -1.00 e. The summed E-state index contributed by atoms with van der Waals surface area (Å²) in [5, 5.41) is 11.7. The highest BCUT2D eigenvalue weighted by atomic mass is 79.9. The van der Waals surface area contributed by atoms with Crippen LogP contribution in [0.2, 0.25) is 0 Å². The summed E-state index contributed by atoms with van der Waals surface area (Å²) in [7, 11) is 0. The van der Waals surface area contributed by atoms with E-state index in [-0.39, 0.29) is 17.0 Å². The highest BCUT2D eigenvalue weighted by Crippen LogP contribution is 2.12. The van der Waals surface area contributed by atoms with E-state index in [1.54, 1.807) is 0 Å². The number of rotatable bonds is 16. The van der Waals surface area contributed by atoms with E-state index in [9.17, 15) is 0 Å². The predicted molar refractivity (Wildman–Crippen MR) is 106 cm³/mol. The topological polar surface area (TPSA) is 36.5 Å². The minimum absolute atomic E-state index is 0. The van der Waals surface area contributed by atoms with E-state index in [1.807, 2.05) is 18.3 Å². The lowest BCUT2D eigenvalue weighted by Crippen LogP contribution is -3.00. The van der Waals surface area contributed by atoms with Crippen LogP contribution in [-0.2, 0) is 6.54 Å². The van der Waals surface area contributed by atoms with E-state index in [4.69, 9.17) is 5.21 Å². The number of halogens is 1. The second kappa shape index (κ2) is 18.9. The molecule has 1 N–H and O–H groups in total. The first-order chi connectivity index (χ1) is 12.4. The van der Waals surface area contributed by atoms with Crippen molar-refractivity contribution >= 4 is 6.21 Å². The summed E-state index contributed by atoms with van der Waals surface area (Å²) in [6, 6.07) is 3.95. The quantitative estimate of drug-likeness (QED) is 0.142. The maximum absolute atomic E-state index is 8.58. The van der Waals surface area contributed by atoms with E-state index in [0.29, 0.717) is 0 Å². The maximum Gasteiger partial charge on any atom is 0.177 e. The van der Waals surface area contributed by atoms with Crippen LogP contribution in [0.4, 0.5) is 0 Å². The number of oxime groups is 1. The van der Waals surface area contributed by atoms with Crippen molar-refractivity contribution in [2.24, 2.45) is 5.16 Å². The smallest absolute Gasteiger partial charge is 0.177 e. The van der Waals surface area contributed by atoms with Gasteiger partial charge in [0.25, 0.3) is 0 Å². The maximum atomic E-state index is 8.58. The fourth-order valence-corrected chi connectivity index (χ4v) is 3.31. The van der Waals surface area contributed by atoms with Crippen molar-refractivity contribution in [2.75, 3.05) is 0 Å². The van der Waals surface area contributed by atoms with E-state index in [0.717, 1.165) is 12.1 Å². The highest BCUT2D eigenvalue weighted by Gasteiger charge is 2.01. The molecule has 1 aromatic rings. The highest BCUT2D eigenvalue weighted by molar-refractivity contribution is 5.77. The molecule has 0 fully saturated rings. The molecule has 1 rings (SSSR count). The third-order valence-electron chi connectivity index (χ3n) is 4.86. The van der Waals surface area contributed by atoms with E-state index in [2.05, 4.69) is 22.8 Å². The molecule has 0 aliphatic heterocycles. The standard InChI is InChI=1S/C22H38N2O.BrH/c1-2-3-4-5-6-7-8-9-10-11-12-13-14-15-18-24-19-16-17-22(21-24)20-23-25;/h16-17,19-21H,2-15,18H2,1H3;1H. The van der Waals surface area contributed by atoms with Gasteiger partial charge in [-0.05, 0) is 12.5 Å². The molecule has 0 unspecified atom stereocenters. The van der Waals surface area contributed by atoms with Crippen LogP contribution in [-0.4, -0.2) is 11.4 Å². The summed E-state index contributed by atoms with van der Waals surface area (Å²) in [5.74, 6) is 0. The molecule has 0 bridgehead atoms. The summed E-state index contributed by atoms with van der Waals surface area (Å²) in [6.07, 6.45) is 25.1. The number of nitrogens with zero attached hydrogens (tertiary/aromatic N) is 2. The van der Waals surface area contributed by atoms with Gasteiger partial charge >= 0.3 is 0 Å². The van der Waals surface area contributed by atoms with Gasteiger partial charge in [0.1, 0.15) is 6.54 Å². The van der Waals surface area contributed by atoms with E-state index < -0.39 is 0 Å². The van der Waals surface area contributed by atoms with Gasteiger partial charge < -0.3 is 22.2 Å². The van der Waals surface area contributed by atoms with Crippen molar-refractivity contribution in [3.05, 3.63) is 30.1 Å². The molecule has 4 heteroatoms. The zero-order chi connectivity index (χ0) is 18.0. The Morgan fingerprint density at radius 2 is 1.35 bits per heavy atom. The minimum atomic E-state index is 0. The van der Waals surface area contributed by atoms with Gasteiger partial charge in [-0.1, -0.05) is 89.1 Å². The average Bonchev–Trinajstić information content (AvgIpc) is 2.63. The van der Waals surface area contributed by atoms with Crippen molar-refractivity contribution in [3.63, 3.8) is 0 Å². The first kappa shape index (κ1) is 25.1. The van der Waals surface area contributed by atoms with Gasteiger partial charge in [-0.2, -0.15) is 0 Å². The van der Waals surface area contributed by atoms with Gasteiger partial charge in [-0.25, -0.2) is 4.57 Å². The second-order valence-electron chi connectivity index (χ2n) is 7.22. The van der Waals surface area contributed by atoms with Crippen LogP contribution in [0.5, 0.6) is 0 Å². The molecule has 150 valence electrons. The van der Waals surface area contributed by atoms with Crippen LogP contribution in [0.1, 0.15) is 102 Å². The lowest BCUT2D eigenvalue weighted by Gasteiger charge is -2.03. The average molecular weight is 427 g/mol. The molecule has 1 heterocycles. The molecule has 0 atom stereocenters. The molecule has 26 heavy (non-hydrogen) atoms. The number of pyridine rings is 1. The monoisotopic (exact) mass is 426 g/mol. The summed E-state index contributed by atoms with van der Waals surface area (Å²) >= 11 is 0. The summed E-state index contributed by atoms with van der Waals surface area (Å²) in [5.41, 5.74) is 0.940. The number of hydrogen-bond donors (Lipinski definition) is 1. The number of aromatic nitrogens is 1. The zero-order valence-electron chi connectivity index (χ0n) is 16.7. The van der Waals surface area contributed by atoms with Gasteiger partial charge in [-0.3, -0.25) is 0 Å². The molecule has 0 amide bonds. The molecule has 0 spiro atoms. The lowest BCUT2D eigenvalue weighted by molar-refractivity contribution is -0.697. The molecule has 0 saturated heterocycles. The third kappa shape index (κ3) is 14.3. The van der Waals surface area contributed by atoms with Crippen molar-refractivity contribution in [1.82, 2.24) is 0 Å². The Balaban J connectivity index is 0.00000625. The fraction of sp³-hybridized carbons (Fsp3) is 0.727. The third-order valence-corrected chi connectivity index (χ3v) is 4.86. The van der Waals surface area contributed by atoms with Crippen molar-refractivity contribution < 1.29 is 26.8 Å². The molecule has 0 aliphatic carbocycles.